The van der Waals surface area contributed by atoms with Crippen molar-refractivity contribution < 1.29 is 4.79 Å². The van der Waals surface area contributed by atoms with Crippen molar-refractivity contribution in [3.8, 4) is 0 Å². The molecule has 0 fully saturated rings. The second-order valence-electron chi connectivity index (χ2n) is 1.87. The predicted octanol–water partition coefficient (Wildman–Crippen LogP) is 1.21. The molecule has 0 saturated heterocycles. The van der Waals surface area contributed by atoms with E-state index in [0.717, 1.165) is 13.1 Å². The van der Waals surface area contributed by atoms with Gasteiger partial charge in [0, 0.05) is 0 Å². The highest BCUT2D eigenvalue weighted by Gasteiger charge is 1.63. The monoisotopic (exact) mass is 131 g/mol. The number of Topliss-reactive ketones (excluding diaryl/α,β-unsaturated/α-hetero) is 1. The van der Waals surface area contributed by atoms with Gasteiger partial charge in [-0.2, -0.15) is 0 Å². The zero-order valence-corrected chi connectivity index (χ0v) is 6.82. The molecule has 0 aliphatic carbocycles. The Hall–Kier alpha value is -0.370. The van der Waals surface area contributed by atoms with E-state index in [1.54, 1.807) is 0 Å². The van der Waals surface area contributed by atoms with E-state index < -0.39 is 0 Å². The Bertz CT molecular complexity index is 55.9. The minimum Gasteiger partial charge on any atom is -0.317 e. The van der Waals surface area contributed by atoms with Gasteiger partial charge in [0.05, 0.1) is 0 Å². The van der Waals surface area contributed by atoms with E-state index in [9.17, 15) is 4.79 Å². The standard InChI is InChI=1S/C4H11N.C3H6O/c1-3-5-4-2;1-3(2)4/h5H,3-4H2,1-2H3;1-2H3. The Balaban J connectivity index is 0. The van der Waals surface area contributed by atoms with Gasteiger partial charge in [0.25, 0.3) is 0 Å². The molecule has 0 saturated carbocycles. The van der Waals surface area contributed by atoms with Crippen LogP contribution in [0.25, 0.3) is 0 Å². The summed E-state index contributed by atoms with van der Waals surface area (Å²) in [6.45, 7) is 9.44. The third-order valence-electron chi connectivity index (χ3n) is 0.500. The Labute approximate surface area is 57.6 Å². The lowest BCUT2D eigenvalue weighted by Crippen LogP contribution is -2.09. The summed E-state index contributed by atoms with van der Waals surface area (Å²) in [5.41, 5.74) is 0. The number of rotatable bonds is 2. The van der Waals surface area contributed by atoms with Gasteiger partial charge in [-0.25, -0.2) is 0 Å². The van der Waals surface area contributed by atoms with Crippen LogP contribution in [0.1, 0.15) is 27.7 Å². The normalized spacial score (nSPS) is 7.56. The molecule has 56 valence electrons. The number of hydrogen-bond donors (Lipinski definition) is 1. The molecule has 0 bridgehead atoms. The van der Waals surface area contributed by atoms with E-state index in [1.807, 2.05) is 0 Å². The van der Waals surface area contributed by atoms with Crippen molar-refractivity contribution in [3.63, 3.8) is 0 Å². The SMILES string of the molecule is CC(C)=O.CCNCC. The topological polar surface area (TPSA) is 29.1 Å². The molecule has 2 heteroatoms. The first kappa shape index (κ1) is 11.4. The van der Waals surface area contributed by atoms with E-state index in [4.69, 9.17) is 0 Å². The van der Waals surface area contributed by atoms with Gasteiger partial charge in [-0.1, -0.05) is 13.8 Å². The minimum atomic E-state index is 0.167. The van der Waals surface area contributed by atoms with Crippen LogP contribution in [0.2, 0.25) is 0 Å². The average Bonchev–Trinajstić information content (AvgIpc) is 1.66. The van der Waals surface area contributed by atoms with E-state index >= 15 is 0 Å². The van der Waals surface area contributed by atoms with Crippen LogP contribution in [0.3, 0.4) is 0 Å². The second-order valence-corrected chi connectivity index (χ2v) is 1.87. The number of carbonyl (C=O) groups is 1. The van der Waals surface area contributed by atoms with Crippen LogP contribution in [-0.2, 0) is 4.79 Å². The minimum absolute atomic E-state index is 0.167. The van der Waals surface area contributed by atoms with Crippen molar-refractivity contribution in [1.82, 2.24) is 5.32 Å². The molecular weight excluding hydrogens is 114 g/mol. The van der Waals surface area contributed by atoms with E-state index in [0.29, 0.717) is 0 Å². The molecule has 0 radical (unpaired) electrons. The number of nitrogens with one attached hydrogen (secondary N) is 1. The molecule has 0 amide bonds. The first-order valence-corrected chi connectivity index (χ1v) is 3.33. The van der Waals surface area contributed by atoms with E-state index in [-0.39, 0.29) is 5.78 Å². The molecule has 0 aromatic carbocycles. The lowest BCUT2D eigenvalue weighted by Gasteiger charge is -1.86. The van der Waals surface area contributed by atoms with Crippen molar-refractivity contribution in [1.29, 1.82) is 0 Å². The molecule has 9 heavy (non-hydrogen) atoms. The third kappa shape index (κ3) is 91.0. The van der Waals surface area contributed by atoms with Crippen LogP contribution in [0.15, 0.2) is 0 Å². The fourth-order valence-electron chi connectivity index (χ4n) is 0.250. The van der Waals surface area contributed by atoms with Gasteiger partial charge < -0.3 is 10.1 Å². The van der Waals surface area contributed by atoms with Crippen molar-refractivity contribution in [3.05, 3.63) is 0 Å². The summed E-state index contributed by atoms with van der Waals surface area (Å²) >= 11 is 0. The maximum atomic E-state index is 9.44. The summed E-state index contributed by atoms with van der Waals surface area (Å²) in [6.07, 6.45) is 0. The van der Waals surface area contributed by atoms with Crippen molar-refractivity contribution in [2.45, 2.75) is 27.7 Å². The van der Waals surface area contributed by atoms with Crippen molar-refractivity contribution >= 4 is 5.78 Å². The highest BCUT2D eigenvalue weighted by atomic mass is 16.1. The summed E-state index contributed by atoms with van der Waals surface area (Å²) < 4.78 is 0. The van der Waals surface area contributed by atoms with Gasteiger partial charge in [-0.05, 0) is 26.9 Å². The lowest BCUT2D eigenvalue weighted by atomic mass is 10.6. The molecular formula is C7H17NO. The third-order valence-corrected chi connectivity index (χ3v) is 0.500. The molecule has 0 aromatic rings. The van der Waals surface area contributed by atoms with Gasteiger partial charge in [0.2, 0.25) is 0 Å². The van der Waals surface area contributed by atoms with Crippen LogP contribution in [0.5, 0.6) is 0 Å². The maximum absolute atomic E-state index is 9.44. The highest BCUT2D eigenvalue weighted by Crippen LogP contribution is 1.50. The fraction of sp³-hybridized carbons (Fsp3) is 0.857. The molecule has 2 nitrogen and oxygen atoms in total. The summed E-state index contributed by atoms with van der Waals surface area (Å²) in [5, 5.41) is 3.11. The van der Waals surface area contributed by atoms with E-state index in [1.165, 1.54) is 13.8 Å². The number of carbonyl (C=O) groups excluding carboxylic acids is 1. The molecule has 0 spiro atoms. The molecule has 0 aliphatic rings. The highest BCUT2D eigenvalue weighted by molar-refractivity contribution is 5.72. The average molecular weight is 131 g/mol. The summed E-state index contributed by atoms with van der Waals surface area (Å²) in [5.74, 6) is 0.167. The van der Waals surface area contributed by atoms with Crippen LogP contribution in [0, 0.1) is 0 Å². The largest absolute Gasteiger partial charge is 0.317 e. The van der Waals surface area contributed by atoms with Crippen LogP contribution >= 0.6 is 0 Å². The fourth-order valence-corrected chi connectivity index (χ4v) is 0.250. The molecule has 1 N–H and O–H groups in total. The second kappa shape index (κ2) is 10.6. The van der Waals surface area contributed by atoms with Gasteiger partial charge in [-0.15, -0.1) is 0 Å². The van der Waals surface area contributed by atoms with Gasteiger partial charge in [0.1, 0.15) is 5.78 Å². The summed E-state index contributed by atoms with van der Waals surface area (Å²) in [4.78, 5) is 9.44. The molecule has 0 aliphatic heterocycles. The lowest BCUT2D eigenvalue weighted by molar-refractivity contribution is -0.114. The Kier molecular flexibility index (Phi) is 13.4. The molecule has 0 unspecified atom stereocenters. The van der Waals surface area contributed by atoms with Crippen molar-refractivity contribution in [2.24, 2.45) is 0 Å². The van der Waals surface area contributed by atoms with Gasteiger partial charge in [0.15, 0.2) is 0 Å². The number of hydrogen-bond acceptors (Lipinski definition) is 2. The number of ketones is 1. The maximum Gasteiger partial charge on any atom is 0.126 e. The Morgan fingerprint density at radius 1 is 1.22 bits per heavy atom. The zero-order chi connectivity index (χ0) is 7.70. The van der Waals surface area contributed by atoms with Gasteiger partial charge in [-0.3, -0.25) is 0 Å². The molecule has 0 aromatic heterocycles. The molecule has 0 rings (SSSR count). The molecule has 0 heterocycles. The van der Waals surface area contributed by atoms with Gasteiger partial charge >= 0.3 is 0 Å². The predicted molar refractivity (Wildman–Crippen MR) is 40.6 cm³/mol. The summed E-state index contributed by atoms with van der Waals surface area (Å²) in [6, 6.07) is 0. The molecule has 0 atom stereocenters. The smallest absolute Gasteiger partial charge is 0.126 e. The summed E-state index contributed by atoms with van der Waals surface area (Å²) in [7, 11) is 0. The van der Waals surface area contributed by atoms with Crippen LogP contribution < -0.4 is 5.32 Å². The quantitative estimate of drug-likeness (QED) is 0.610. The first-order chi connectivity index (χ1) is 4.15. The zero-order valence-electron chi connectivity index (χ0n) is 6.82. The van der Waals surface area contributed by atoms with Crippen molar-refractivity contribution in [2.75, 3.05) is 13.1 Å². The van der Waals surface area contributed by atoms with E-state index in [2.05, 4.69) is 19.2 Å². The Morgan fingerprint density at radius 3 is 1.44 bits per heavy atom. The van der Waals surface area contributed by atoms with Crippen LogP contribution in [0.4, 0.5) is 0 Å². The van der Waals surface area contributed by atoms with Crippen LogP contribution in [-0.4, -0.2) is 18.9 Å². The first-order valence-electron chi connectivity index (χ1n) is 3.33. The Morgan fingerprint density at radius 2 is 1.44 bits per heavy atom.